The molecule has 1 unspecified atom stereocenters. The lowest BCUT2D eigenvalue weighted by molar-refractivity contribution is 0.554. The standard InChI is InChI=1S/C13H12BrF2NS/c1-7-3-11(16)9(5-10(7)15)13(17-2)8-4-12(14)18-6-8/h3-6,13,17H,1-2H3. The van der Waals surface area contributed by atoms with Crippen LogP contribution in [0.5, 0.6) is 0 Å². The monoisotopic (exact) mass is 331 g/mol. The highest BCUT2D eigenvalue weighted by molar-refractivity contribution is 9.11. The molecule has 1 nitrogen and oxygen atoms in total. The Bertz CT molecular complexity index is 568. The van der Waals surface area contributed by atoms with E-state index in [0.29, 0.717) is 11.1 Å². The maximum absolute atomic E-state index is 13.9. The molecule has 5 heteroatoms. The second kappa shape index (κ2) is 5.47. The molecule has 1 N–H and O–H groups in total. The van der Waals surface area contributed by atoms with Crippen LogP contribution >= 0.6 is 27.3 Å². The zero-order valence-electron chi connectivity index (χ0n) is 9.93. The highest BCUT2D eigenvalue weighted by atomic mass is 79.9. The SMILES string of the molecule is CNC(c1csc(Br)c1)c1cc(F)c(C)cc1F. The van der Waals surface area contributed by atoms with Crippen molar-refractivity contribution in [3.8, 4) is 0 Å². The van der Waals surface area contributed by atoms with Crippen molar-refractivity contribution in [3.05, 3.63) is 55.7 Å². The van der Waals surface area contributed by atoms with Crippen LogP contribution in [-0.2, 0) is 0 Å². The minimum atomic E-state index is -0.393. The van der Waals surface area contributed by atoms with Gasteiger partial charge in [0.1, 0.15) is 11.6 Å². The third-order valence-electron chi connectivity index (χ3n) is 2.80. The van der Waals surface area contributed by atoms with Gasteiger partial charge in [-0.25, -0.2) is 8.78 Å². The van der Waals surface area contributed by atoms with Crippen molar-refractivity contribution >= 4 is 27.3 Å². The zero-order chi connectivity index (χ0) is 13.3. The Morgan fingerprint density at radius 2 is 1.94 bits per heavy atom. The Morgan fingerprint density at radius 3 is 2.50 bits per heavy atom. The molecule has 1 atom stereocenters. The van der Waals surface area contributed by atoms with Crippen LogP contribution in [0.25, 0.3) is 0 Å². The van der Waals surface area contributed by atoms with Gasteiger partial charge >= 0.3 is 0 Å². The van der Waals surface area contributed by atoms with Gasteiger partial charge in [0.05, 0.1) is 9.83 Å². The summed E-state index contributed by atoms with van der Waals surface area (Å²) in [7, 11) is 1.73. The maximum atomic E-state index is 13.9. The molecular weight excluding hydrogens is 320 g/mol. The summed E-state index contributed by atoms with van der Waals surface area (Å²) in [6.45, 7) is 1.55. The Morgan fingerprint density at radius 1 is 1.22 bits per heavy atom. The number of thiophene rings is 1. The van der Waals surface area contributed by atoms with Gasteiger partial charge in [0.2, 0.25) is 0 Å². The largest absolute Gasteiger partial charge is 0.309 e. The topological polar surface area (TPSA) is 12.0 Å². The average Bonchev–Trinajstić information content (AvgIpc) is 2.73. The first-order valence-electron chi connectivity index (χ1n) is 5.39. The van der Waals surface area contributed by atoms with Crippen LogP contribution in [0.4, 0.5) is 8.78 Å². The minimum Gasteiger partial charge on any atom is -0.309 e. The van der Waals surface area contributed by atoms with Crippen LogP contribution in [0.15, 0.2) is 27.4 Å². The molecule has 96 valence electrons. The molecule has 0 aliphatic rings. The lowest BCUT2D eigenvalue weighted by atomic mass is 9.99. The molecule has 1 aromatic carbocycles. The summed E-state index contributed by atoms with van der Waals surface area (Å²) in [4.78, 5) is 0. The summed E-state index contributed by atoms with van der Waals surface area (Å²) in [5.74, 6) is -0.781. The normalized spacial score (nSPS) is 12.7. The molecule has 0 aliphatic carbocycles. The van der Waals surface area contributed by atoms with Crippen molar-refractivity contribution in [2.24, 2.45) is 0 Å². The average molecular weight is 332 g/mol. The second-order valence-corrected chi connectivity index (χ2v) is 6.32. The van der Waals surface area contributed by atoms with Gasteiger partial charge in [0.25, 0.3) is 0 Å². The zero-order valence-corrected chi connectivity index (χ0v) is 12.3. The lowest BCUT2D eigenvalue weighted by Crippen LogP contribution is -2.18. The van der Waals surface area contributed by atoms with Crippen molar-refractivity contribution in [2.45, 2.75) is 13.0 Å². The lowest BCUT2D eigenvalue weighted by Gasteiger charge is -2.17. The molecular formula is C13H12BrF2NS. The van der Waals surface area contributed by atoms with Gasteiger partial charge in [-0.3, -0.25) is 0 Å². The van der Waals surface area contributed by atoms with Crippen LogP contribution in [0, 0.1) is 18.6 Å². The third kappa shape index (κ3) is 2.63. The summed E-state index contributed by atoms with van der Waals surface area (Å²) in [5, 5.41) is 4.93. The van der Waals surface area contributed by atoms with Crippen LogP contribution in [0.3, 0.4) is 0 Å². The molecule has 0 fully saturated rings. The predicted molar refractivity (Wildman–Crippen MR) is 74.0 cm³/mol. The highest BCUT2D eigenvalue weighted by Crippen LogP contribution is 2.31. The maximum Gasteiger partial charge on any atom is 0.128 e. The van der Waals surface area contributed by atoms with Crippen LogP contribution in [0.2, 0.25) is 0 Å². The van der Waals surface area contributed by atoms with Crippen molar-refractivity contribution in [3.63, 3.8) is 0 Å². The molecule has 0 saturated carbocycles. The number of halogens is 3. The number of benzene rings is 1. The Kier molecular flexibility index (Phi) is 4.14. The van der Waals surface area contributed by atoms with E-state index >= 15 is 0 Å². The number of aryl methyl sites for hydroxylation is 1. The third-order valence-corrected chi connectivity index (χ3v) is 4.32. The number of hydrogen-bond donors (Lipinski definition) is 1. The van der Waals surface area contributed by atoms with E-state index in [4.69, 9.17) is 0 Å². The van der Waals surface area contributed by atoms with Crippen LogP contribution in [0.1, 0.15) is 22.7 Å². The van der Waals surface area contributed by atoms with E-state index in [1.54, 1.807) is 14.0 Å². The van der Waals surface area contributed by atoms with Gasteiger partial charge in [-0.2, -0.15) is 0 Å². The summed E-state index contributed by atoms with van der Waals surface area (Å²) in [5.41, 5.74) is 1.56. The fourth-order valence-corrected chi connectivity index (χ4v) is 3.06. The fraction of sp³-hybridized carbons (Fsp3) is 0.231. The summed E-state index contributed by atoms with van der Waals surface area (Å²) in [6.07, 6.45) is 0. The number of rotatable bonds is 3. The van der Waals surface area contributed by atoms with Gasteiger partial charge in [0, 0.05) is 5.56 Å². The summed E-state index contributed by atoms with van der Waals surface area (Å²) in [6, 6.07) is 4.05. The van der Waals surface area contributed by atoms with Crippen LogP contribution < -0.4 is 5.32 Å². The van der Waals surface area contributed by atoms with Gasteiger partial charge in [-0.05, 0) is 64.6 Å². The van der Waals surface area contributed by atoms with E-state index in [1.807, 2.05) is 11.4 Å². The fourth-order valence-electron chi connectivity index (χ4n) is 1.86. The molecule has 18 heavy (non-hydrogen) atoms. The van der Waals surface area contributed by atoms with E-state index < -0.39 is 5.82 Å². The molecule has 0 bridgehead atoms. The van der Waals surface area contributed by atoms with Gasteiger partial charge < -0.3 is 5.32 Å². The summed E-state index contributed by atoms with van der Waals surface area (Å²) < 4.78 is 28.5. The van der Waals surface area contributed by atoms with Gasteiger partial charge in [0.15, 0.2) is 0 Å². The van der Waals surface area contributed by atoms with E-state index in [-0.39, 0.29) is 11.9 Å². The van der Waals surface area contributed by atoms with Crippen molar-refractivity contribution in [1.29, 1.82) is 0 Å². The first-order valence-corrected chi connectivity index (χ1v) is 7.07. The minimum absolute atomic E-state index is 0.317. The molecule has 0 aliphatic heterocycles. The quantitative estimate of drug-likeness (QED) is 0.878. The highest BCUT2D eigenvalue weighted by Gasteiger charge is 2.19. The van der Waals surface area contributed by atoms with Crippen molar-refractivity contribution in [2.75, 3.05) is 7.05 Å². The van der Waals surface area contributed by atoms with Crippen molar-refractivity contribution < 1.29 is 8.78 Å². The Labute approximate surface area is 117 Å². The Hall–Kier alpha value is -0.780. The first-order chi connectivity index (χ1) is 8.52. The molecule has 0 radical (unpaired) electrons. The van der Waals surface area contributed by atoms with E-state index in [1.165, 1.54) is 23.5 Å². The van der Waals surface area contributed by atoms with Gasteiger partial charge in [-0.15, -0.1) is 11.3 Å². The number of nitrogens with one attached hydrogen (secondary N) is 1. The first kappa shape index (κ1) is 13.6. The molecule has 0 amide bonds. The Balaban J connectivity index is 2.48. The molecule has 2 aromatic rings. The molecule has 0 spiro atoms. The second-order valence-electron chi connectivity index (χ2n) is 4.03. The predicted octanol–water partition coefficient (Wildman–Crippen LogP) is 4.41. The molecule has 2 rings (SSSR count). The van der Waals surface area contributed by atoms with E-state index in [0.717, 1.165) is 9.35 Å². The molecule has 1 heterocycles. The molecule has 0 saturated heterocycles. The smallest absolute Gasteiger partial charge is 0.128 e. The van der Waals surface area contributed by atoms with Crippen molar-refractivity contribution in [1.82, 2.24) is 5.32 Å². The van der Waals surface area contributed by atoms with Gasteiger partial charge in [-0.1, -0.05) is 0 Å². The summed E-state index contributed by atoms with van der Waals surface area (Å²) >= 11 is 4.89. The van der Waals surface area contributed by atoms with Crippen LogP contribution in [-0.4, -0.2) is 7.05 Å². The molecule has 1 aromatic heterocycles. The number of hydrogen-bond acceptors (Lipinski definition) is 2. The van der Waals surface area contributed by atoms with E-state index in [2.05, 4.69) is 21.2 Å². The van der Waals surface area contributed by atoms with E-state index in [9.17, 15) is 8.78 Å².